The van der Waals surface area contributed by atoms with Crippen LogP contribution in [0.1, 0.15) is 21.6 Å². The van der Waals surface area contributed by atoms with Crippen LogP contribution in [0.3, 0.4) is 0 Å². The van der Waals surface area contributed by atoms with Crippen molar-refractivity contribution in [2.24, 2.45) is 12.8 Å². The molecule has 0 spiro atoms. The van der Waals surface area contributed by atoms with Crippen LogP contribution < -0.4 is 11.1 Å². The number of carbonyl (C=O) groups excluding carboxylic acids is 1. The first-order valence-electron chi connectivity index (χ1n) is 6.21. The molecule has 2 rings (SSSR count). The van der Waals surface area contributed by atoms with Gasteiger partial charge in [0.25, 0.3) is 5.91 Å². The standard InChI is InChI=1S/C15H16N4O/c1-11-13(10-17-19(11)2)15(20)18-14-8-4-3-6-12(14)7-5-9-16/h3-4,6,8,10H,9,16H2,1-2H3,(H,18,20). The van der Waals surface area contributed by atoms with Gasteiger partial charge in [-0.2, -0.15) is 5.10 Å². The lowest BCUT2D eigenvalue weighted by Gasteiger charge is -2.07. The first-order valence-corrected chi connectivity index (χ1v) is 6.21. The summed E-state index contributed by atoms with van der Waals surface area (Å²) in [4.78, 5) is 12.2. The van der Waals surface area contributed by atoms with Gasteiger partial charge in [0.15, 0.2) is 0 Å². The predicted octanol–water partition coefficient (Wildman–Crippen LogP) is 1.29. The quantitative estimate of drug-likeness (QED) is 0.806. The average molecular weight is 268 g/mol. The number of hydrogen-bond donors (Lipinski definition) is 2. The first-order chi connectivity index (χ1) is 9.63. The molecular formula is C15H16N4O. The van der Waals surface area contributed by atoms with Gasteiger partial charge in [0.1, 0.15) is 0 Å². The first kappa shape index (κ1) is 13.8. The molecule has 0 unspecified atom stereocenters. The van der Waals surface area contributed by atoms with Crippen molar-refractivity contribution < 1.29 is 4.79 Å². The van der Waals surface area contributed by atoms with Crippen molar-refractivity contribution in [3.05, 3.63) is 47.3 Å². The maximum absolute atomic E-state index is 12.2. The molecule has 0 bridgehead atoms. The summed E-state index contributed by atoms with van der Waals surface area (Å²) in [6, 6.07) is 7.36. The van der Waals surface area contributed by atoms with Gasteiger partial charge in [0, 0.05) is 18.3 Å². The van der Waals surface area contributed by atoms with Crippen LogP contribution in [-0.2, 0) is 7.05 Å². The van der Waals surface area contributed by atoms with Crippen molar-refractivity contribution >= 4 is 11.6 Å². The molecule has 5 heteroatoms. The minimum Gasteiger partial charge on any atom is -0.321 e. The monoisotopic (exact) mass is 268 g/mol. The molecule has 20 heavy (non-hydrogen) atoms. The highest BCUT2D eigenvalue weighted by atomic mass is 16.1. The fraction of sp³-hybridized carbons (Fsp3) is 0.200. The third-order valence-electron chi connectivity index (χ3n) is 2.98. The molecule has 5 nitrogen and oxygen atoms in total. The molecular weight excluding hydrogens is 252 g/mol. The van der Waals surface area contributed by atoms with Gasteiger partial charge in [-0.05, 0) is 19.1 Å². The molecule has 1 aromatic carbocycles. The van der Waals surface area contributed by atoms with E-state index in [1.165, 1.54) is 0 Å². The number of nitrogens with one attached hydrogen (secondary N) is 1. The minimum atomic E-state index is -0.197. The topological polar surface area (TPSA) is 72.9 Å². The highest BCUT2D eigenvalue weighted by Crippen LogP contribution is 2.16. The predicted molar refractivity (Wildman–Crippen MR) is 78.3 cm³/mol. The number of anilines is 1. The van der Waals surface area contributed by atoms with Crippen molar-refractivity contribution in [1.82, 2.24) is 9.78 Å². The number of aromatic nitrogens is 2. The number of para-hydroxylation sites is 1. The molecule has 0 saturated heterocycles. The Bertz CT molecular complexity index is 691. The Morgan fingerprint density at radius 2 is 2.20 bits per heavy atom. The summed E-state index contributed by atoms with van der Waals surface area (Å²) in [6.07, 6.45) is 1.55. The minimum absolute atomic E-state index is 0.197. The van der Waals surface area contributed by atoms with E-state index in [1.807, 2.05) is 31.2 Å². The summed E-state index contributed by atoms with van der Waals surface area (Å²) in [5, 5.41) is 6.92. The van der Waals surface area contributed by atoms with E-state index in [4.69, 9.17) is 5.73 Å². The number of rotatable bonds is 2. The zero-order chi connectivity index (χ0) is 14.5. The fourth-order valence-electron chi connectivity index (χ4n) is 1.76. The van der Waals surface area contributed by atoms with Crippen molar-refractivity contribution in [3.63, 3.8) is 0 Å². The number of aryl methyl sites for hydroxylation is 1. The number of nitrogens with zero attached hydrogens (tertiary/aromatic N) is 2. The summed E-state index contributed by atoms with van der Waals surface area (Å²) >= 11 is 0. The highest BCUT2D eigenvalue weighted by Gasteiger charge is 2.13. The van der Waals surface area contributed by atoms with E-state index in [0.717, 1.165) is 11.3 Å². The maximum Gasteiger partial charge on any atom is 0.259 e. The van der Waals surface area contributed by atoms with Crippen LogP contribution in [0.25, 0.3) is 0 Å². The van der Waals surface area contributed by atoms with Gasteiger partial charge >= 0.3 is 0 Å². The Morgan fingerprint density at radius 1 is 1.45 bits per heavy atom. The highest BCUT2D eigenvalue weighted by molar-refractivity contribution is 6.05. The largest absolute Gasteiger partial charge is 0.321 e. The lowest BCUT2D eigenvalue weighted by molar-refractivity contribution is 0.102. The van der Waals surface area contributed by atoms with Crippen LogP contribution in [0.4, 0.5) is 5.69 Å². The lowest BCUT2D eigenvalue weighted by Crippen LogP contribution is -2.13. The van der Waals surface area contributed by atoms with Gasteiger partial charge in [0.05, 0.1) is 24.0 Å². The normalized spacial score (nSPS) is 9.75. The molecule has 1 aromatic heterocycles. The van der Waals surface area contributed by atoms with E-state index in [-0.39, 0.29) is 12.5 Å². The SMILES string of the molecule is Cc1c(C(=O)Nc2ccccc2C#CCN)cnn1C. The molecule has 2 aromatic rings. The number of hydrogen-bond acceptors (Lipinski definition) is 3. The molecule has 1 heterocycles. The van der Waals surface area contributed by atoms with Gasteiger partial charge in [-0.25, -0.2) is 0 Å². The summed E-state index contributed by atoms with van der Waals surface area (Å²) in [7, 11) is 1.80. The molecule has 0 aliphatic carbocycles. The summed E-state index contributed by atoms with van der Waals surface area (Å²) in [5.41, 5.74) is 8.14. The Kier molecular flexibility index (Phi) is 4.18. The van der Waals surface area contributed by atoms with Crippen molar-refractivity contribution in [2.45, 2.75) is 6.92 Å². The third kappa shape index (κ3) is 2.87. The molecule has 0 radical (unpaired) electrons. The van der Waals surface area contributed by atoms with E-state index in [1.54, 1.807) is 17.9 Å². The third-order valence-corrected chi connectivity index (χ3v) is 2.98. The summed E-state index contributed by atoms with van der Waals surface area (Å²) < 4.78 is 1.66. The van der Waals surface area contributed by atoms with Crippen LogP contribution in [0, 0.1) is 18.8 Å². The molecule has 0 saturated carbocycles. The van der Waals surface area contributed by atoms with Crippen LogP contribution in [-0.4, -0.2) is 22.2 Å². The Morgan fingerprint density at radius 3 is 2.85 bits per heavy atom. The Hall–Kier alpha value is -2.58. The number of nitrogens with two attached hydrogens (primary N) is 1. The van der Waals surface area contributed by atoms with Crippen molar-refractivity contribution in [2.75, 3.05) is 11.9 Å². The lowest BCUT2D eigenvalue weighted by atomic mass is 10.1. The molecule has 102 valence electrons. The maximum atomic E-state index is 12.2. The van der Waals surface area contributed by atoms with Gasteiger partial charge in [-0.1, -0.05) is 24.0 Å². The molecule has 3 N–H and O–H groups in total. The summed E-state index contributed by atoms with van der Waals surface area (Å²) in [6.45, 7) is 2.13. The second-order valence-electron chi connectivity index (χ2n) is 4.27. The van der Waals surface area contributed by atoms with Crippen molar-refractivity contribution in [3.8, 4) is 11.8 Å². The fourth-order valence-corrected chi connectivity index (χ4v) is 1.76. The van der Waals surface area contributed by atoms with Crippen LogP contribution in [0.2, 0.25) is 0 Å². The van der Waals surface area contributed by atoms with E-state index in [2.05, 4.69) is 22.3 Å². The van der Waals surface area contributed by atoms with E-state index in [9.17, 15) is 4.79 Å². The second kappa shape index (κ2) is 6.04. The van der Waals surface area contributed by atoms with Gasteiger partial charge in [-0.15, -0.1) is 0 Å². The van der Waals surface area contributed by atoms with Crippen LogP contribution >= 0.6 is 0 Å². The molecule has 0 fully saturated rings. The van der Waals surface area contributed by atoms with E-state index < -0.39 is 0 Å². The van der Waals surface area contributed by atoms with Crippen LogP contribution in [0.15, 0.2) is 30.5 Å². The van der Waals surface area contributed by atoms with Crippen LogP contribution in [0.5, 0.6) is 0 Å². The number of carbonyl (C=O) groups is 1. The van der Waals surface area contributed by atoms with Gasteiger partial charge < -0.3 is 11.1 Å². The Labute approximate surface area is 117 Å². The average Bonchev–Trinajstić information content (AvgIpc) is 2.78. The molecule has 0 aliphatic rings. The van der Waals surface area contributed by atoms with Crippen molar-refractivity contribution in [1.29, 1.82) is 0 Å². The van der Waals surface area contributed by atoms with Gasteiger partial charge in [0.2, 0.25) is 0 Å². The molecule has 0 aliphatic heterocycles. The Balaban J connectivity index is 2.26. The van der Waals surface area contributed by atoms with Gasteiger partial charge in [-0.3, -0.25) is 9.48 Å². The number of benzene rings is 1. The van der Waals surface area contributed by atoms with E-state index in [0.29, 0.717) is 11.3 Å². The summed E-state index contributed by atoms with van der Waals surface area (Å²) in [5.74, 6) is 5.53. The molecule has 0 atom stereocenters. The number of amides is 1. The van der Waals surface area contributed by atoms with E-state index >= 15 is 0 Å². The second-order valence-corrected chi connectivity index (χ2v) is 4.27. The zero-order valence-electron chi connectivity index (χ0n) is 11.5. The molecule has 1 amide bonds. The smallest absolute Gasteiger partial charge is 0.259 e. The zero-order valence-corrected chi connectivity index (χ0v) is 11.5.